The minimum atomic E-state index is -0.0605. The van der Waals surface area contributed by atoms with Gasteiger partial charge in [-0.15, -0.1) is 0 Å². The monoisotopic (exact) mass is 308 g/mol. The number of hydrogen-bond acceptors (Lipinski definition) is 3. The Labute approximate surface area is 116 Å². The highest BCUT2D eigenvalue weighted by Gasteiger charge is 2.28. The molecule has 1 unspecified atom stereocenters. The van der Waals surface area contributed by atoms with Crippen LogP contribution in [0.25, 0.3) is 0 Å². The van der Waals surface area contributed by atoms with Gasteiger partial charge in [0.25, 0.3) is 0 Å². The summed E-state index contributed by atoms with van der Waals surface area (Å²) >= 11 is 3.50. The number of nitriles is 1. The summed E-state index contributed by atoms with van der Waals surface area (Å²) in [5.41, 5.74) is 1.64. The Morgan fingerprint density at radius 1 is 1.50 bits per heavy atom. The summed E-state index contributed by atoms with van der Waals surface area (Å²) < 4.78 is 6.64. The molecule has 0 aliphatic carbocycles. The normalized spacial score (nSPS) is 22.2. The second kappa shape index (κ2) is 5.29. The molecule has 1 fully saturated rings. The minimum absolute atomic E-state index is 0.0605. The average Bonchev–Trinajstić information content (AvgIpc) is 2.30. The largest absolute Gasteiger partial charge is 0.381 e. The predicted molar refractivity (Wildman–Crippen MR) is 75.5 cm³/mol. The molecular formula is C14H17BrN2O. The Hall–Kier alpha value is -1.05. The lowest BCUT2D eigenvalue weighted by atomic mass is 9.94. The van der Waals surface area contributed by atoms with Crippen LogP contribution in [0, 0.1) is 11.3 Å². The summed E-state index contributed by atoms with van der Waals surface area (Å²) in [6, 6.07) is 8.17. The van der Waals surface area contributed by atoms with Gasteiger partial charge in [0.15, 0.2) is 0 Å². The van der Waals surface area contributed by atoms with Crippen molar-refractivity contribution >= 4 is 21.6 Å². The first-order chi connectivity index (χ1) is 8.50. The van der Waals surface area contributed by atoms with Crippen LogP contribution in [0.2, 0.25) is 0 Å². The van der Waals surface area contributed by atoms with Crippen molar-refractivity contribution < 1.29 is 4.74 Å². The summed E-state index contributed by atoms with van der Waals surface area (Å²) in [4.78, 5) is 0. The molecule has 4 heteroatoms. The van der Waals surface area contributed by atoms with Crippen molar-refractivity contribution in [1.29, 1.82) is 5.26 Å². The first-order valence-electron chi connectivity index (χ1n) is 6.10. The SMILES string of the molecule is CC1(C)CC(Nc2ccc(C#N)cc2Br)CCO1. The van der Waals surface area contributed by atoms with Crippen molar-refractivity contribution in [3.05, 3.63) is 28.2 Å². The number of nitrogens with one attached hydrogen (secondary N) is 1. The van der Waals surface area contributed by atoms with Gasteiger partial charge < -0.3 is 10.1 Å². The van der Waals surface area contributed by atoms with Crippen molar-refractivity contribution in [2.75, 3.05) is 11.9 Å². The molecule has 0 saturated carbocycles. The summed E-state index contributed by atoms with van der Waals surface area (Å²) in [6.07, 6.45) is 2.00. The van der Waals surface area contributed by atoms with E-state index in [1.54, 1.807) is 0 Å². The highest BCUT2D eigenvalue weighted by Crippen LogP contribution is 2.29. The third kappa shape index (κ3) is 3.24. The summed E-state index contributed by atoms with van der Waals surface area (Å²) in [6.45, 7) is 5.03. The van der Waals surface area contributed by atoms with Gasteiger partial charge >= 0.3 is 0 Å². The van der Waals surface area contributed by atoms with E-state index in [1.807, 2.05) is 18.2 Å². The van der Waals surface area contributed by atoms with Crippen LogP contribution in [0.15, 0.2) is 22.7 Å². The molecule has 3 nitrogen and oxygen atoms in total. The third-order valence-corrected chi connectivity index (χ3v) is 3.81. The maximum absolute atomic E-state index is 8.84. The topological polar surface area (TPSA) is 45.0 Å². The Balaban J connectivity index is 2.08. The van der Waals surface area contributed by atoms with Gasteiger partial charge in [0.05, 0.1) is 17.2 Å². The molecule has 1 aromatic carbocycles. The molecule has 0 spiro atoms. The van der Waals surface area contributed by atoms with E-state index in [-0.39, 0.29) is 5.60 Å². The van der Waals surface area contributed by atoms with Crippen molar-refractivity contribution in [1.82, 2.24) is 0 Å². The van der Waals surface area contributed by atoms with Crippen molar-refractivity contribution in [3.63, 3.8) is 0 Å². The van der Waals surface area contributed by atoms with Crippen molar-refractivity contribution in [2.24, 2.45) is 0 Å². The molecule has 2 rings (SSSR count). The number of ether oxygens (including phenoxy) is 1. The van der Waals surface area contributed by atoms with Crippen molar-refractivity contribution in [2.45, 2.75) is 38.3 Å². The number of hydrogen-bond donors (Lipinski definition) is 1. The van der Waals surface area contributed by atoms with E-state index in [0.717, 1.165) is 29.6 Å². The van der Waals surface area contributed by atoms with Gasteiger partial charge in [-0.1, -0.05) is 0 Å². The van der Waals surface area contributed by atoms with E-state index in [2.05, 4.69) is 41.2 Å². The molecule has 0 bridgehead atoms. The molecule has 0 aromatic heterocycles. The van der Waals surface area contributed by atoms with E-state index >= 15 is 0 Å². The number of benzene rings is 1. The lowest BCUT2D eigenvalue weighted by molar-refractivity contribution is -0.0553. The van der Waals surface area contributed by atoms with Crippen molar-refractivity contribution in [3.8, 4) is 6.07 Å². The summed E-state index contributed by atoms with van der Waals surface area (Å²) in [7, 11) is 0. The molecule has 18 heavy (non-hydrogen) atoms. The molecule has 0 amide bonds. The average molecular weight is 309 g/mol. The Bertz CT molecular complexity index is 479. The van der Waals surface area contributed by atoms with Crippen LogP contribution in [-0.2, 0) is 4.74 Å². The number of anilines is 1. The van der Waals surface area contributed by atoms with Gasteiger partial charge in [-0.05, 0) is 60.8 Å². The molecule has 0 radical (unpaired) electrons. The number of halogens is 1. The molecule has 1 saturated heterocycles. The quantitative estimate of drug-likeness (QED) is 0.906. The van der Waals surface area contributed by atoms with Crippen LogP contribution >= 0.6 is 15.9 Å². The Kier molecular flexibility index (Phi) is 3.94. The zero-order valence-electron chi connectivity index (χ0n) is 10.7. The lowest BCUT2D eigenvalue weighted by Crippen LogP contribution is -2.40. The summed E-state index contributed by atoms with van der Waals surface area (Å²) in [5, 5.41) is 12.4. The molecule has 1 aliphatic rings. The number of rotatable bonds is 2. The highest BCUT2D eigenvalue weighted by atomic mass is 79.9. The van der Waals surface area contributed by atoms with Gasteiger partial charge in [0, 0.05) is 22.8 Å². The Morgan fingerprint density at radius 2 is 2.28 bits per heavy atom. The van der Waals surface area contributed by atoms with Crippen LogP contribution in [0.5, 0.6) is 0 Å². The maximum atomic E-state index is 8.84. The second-order valence-electron chi connectivity index (χ2n) is 5.25. The van der Waals surface area contributed by atoms with Gasteiger partial charge in [0.2, 0.25) is 0 Å². The highest BCUT2D eigenvalue weighted by molar-refractivity contribution is 9.10. The molecule has 96 valence electrons. The minimum Gasteiger partial charge on any atom is -0.381 e. The molecule has 1 N–H and O–H groups in total. The van der Waals surface area contributed by atoms with E-state index in [1.165, 1.54) is 0 Å². The zero-order chi connectivity index (χ0) is 13.2. The fourth-order valence-corrected chi connectivity index (χ4v) is 2.77. The second-order valence-corrected chi connectivity index (χ2v) is 6.10. The predicted octanol–water partition coefficient (Wildman–Crippen LogP) is 3.69. The van der Waals surface area contributed by atoms with Gasteiger partial charge in [-0.2, -0.15) is 5.26 Å². The number of nitrogens with zero attached hydrogens (tertiary/aromatic N) is 1. The molecule has 1 aliphatic heterocycles. The molecule has 1 aromatic rings. The van der Waals surface area contributed by atoms with Crippen LogP contribution < -0.4 is 5.32 Å². The van der Waals surface area contributed by atoms with Crippen LogP contribution in [0.4, 0.5) is 5.69 Å². The van der Waals surface area contributed by atoms with E-state index in [4.69, 9.17) is 10.00 Å². The fraction of sp³-hybridized carbons (Fsp3) is 0.500. The van der Waals surface area contributed by atoms with Gasteiger partial charge in [0.1, 0.15) is 0 Å². The summed E-state index contributed by atoms with van der Waals surface area (Å²) in [5.74, 6) is 0. The smallest absolute Gasteiger partial charge is 0.0992 e. The molecule has 1 atom stereocenters. The fourth-order valence-electron chi connectivity index (χ4n) is 2.28. The first-order valence-corrected chi connectivity index (χ1v) is 6.90. The van der Waals surface area contributed by atoms with E-state index < -0.39 is 0 Å². The van der Waals surface area contributed by atoms with Crippen LogP contribution in [-0.4, -0.2) is 18.2 Å². The Morgan fingerprint density at radius 3 is 2.89 bits per heavy atom. The molecular weight excluding hydrogens is 292 g/mol. The van der Waals surface area contributed by atoms with Gasteiger partial charge in [-0.25, -0.2) is 0 Å². The van der Waals surface area contributed by atoms with E-state index in [0.29, 0.717) is 11.6 Å². The third-order valence-electron chi connectivity index (χ3n) is 3.15. The first kappa shape index (κ1) is 13.4. The van der Waals surface area contributed by atoms with Crippen LogP contribution in [0.1, 0.15) is 32.3 Å². The van der Waals surface area contributed by atoms with Crippen LogP contribution in [0.3, 0.4) is 0 Å². The molecule has 1 heterocycles. The standard InChI is InChI=1S/C14H17BrN2O/c1-14(2)8-11(5-6-18-14)17-13-4-3-10(9-16)7-12(13)15/h3-4,7,11,17H,5-6,8H2,1-2H3. The lowest BCUT2D eigenvalue weighted by Gasteiger charge is -2.36. The van der Waals surface area contributed by atoms with E-state index in [9.17, 15) is 0 Å². The van der Waals surface area contributed by atoms with Gasteiger partial charge in [-0.3, -0.25) is 0 Å². The maximum Gasteiger partial charge on any atom is 0.0992 e. The zero-order valence-corrected chi connectivity index (χ0v) is 12.3.